The van der Waals surface area contributed by atoms with Crippen molar-refractivity contribution in [3.63, 3.8) is 0 Å². The van der Waals surface area contributed by atoms with Gasteiger partial charge in [-0.25, -0.2) is 4.39 Å². The first-order chi connectivity index (χ1) is 6.72. The highest BCUT2D eigenvalue weighted by molar-refractivity contribution is 5.58. The van der Waals surface area contributed by atoms with E-state index in [1.54, 1.807) is 6.07 Å². The van der Waals surface area contributed by atoms with Crippen molar-refractivity contribution in [3.05, 3.63) is 29.6 Å². The molecule has 0 aliphatic carbocycles. The first-order valence-corrected chi connectivity index (χ1v) is 4.62. The molecule has 3 nitrogen and oxygen atoms in total. The Morgan fingerprint density at radius 1 is 1.64 bits per heavy atom. The Morgan fingerprint density at radius 3 is 3.14 bits per heavy atom. The highest BCUT2D eigenvalue weighted by Gasteiger charge is 2.27. The van der Waals surface area contributed by atoms with Crippen molar-refractivity contribution in [2.75, 3.05) is 18.5 Å². The molecule has 0 radical (unpaired) electrons. The minimum Gasteiger partial charge on any atom is -0.395 e. The van der Waals surface area contributed by atoms with Gasteiger partial charge >= 0.3 is 0 Å². The number of halogens is 1. The number of nitrogens with two attached hydrogens (primary N) is 1. The predicted molar refractivity (Wildman–Crippen MR) is 52.7 cm³/mol. The SMILES string of the molecule is NC(CO)C1CNc2ccc(F)cc21. The van der Waals surface area contributed by atoms with Crippen molar-refractivity contribution in [1.29, 1.82) is 0 Å². The number of aliphatic hydroxyl groups excluding tert-OH is 1. The molecule has 1 aromatic rings. The van der Waals surface area contributed by atoms with E-state index in [4.69, 9.17) is 10.8 Å². The molecule has 0 aromatic heterocycles. The number of benzene rings is 1. The molecule has 76 valence electrons. The topological polar surface area (TPSA) is 58.3 Å². The third-order valence-corrected chi connectivity index (χ3v) is 2.65. The molecular weight excluding hydrogens is 183 g/mol. The lowest BCUT2D eigenvalue weighted by Crippen LogP contribution is -2.33. The molecular formula is C10H13FN2O. The summed E-state index contributed by atoms with van der Waals surface area (Å²) in [6.45, 7) is 0.586. The number of anilines is 1. The number of hydrogen-bond donors (Lipinski definition) is 3. The van der Waals surface area contributed by atoms with Crippen LogP contribution in [0.5, 0.6) is 0 Å². The van der Waals surface area contributed by atoms with E-state index < -0.39 is 0 Å². The van der Waals surface area contributed by atoms with E-state index in [0.717, 1.165) is 11.3 Å². The molecule has 0 fully saturated rings. The molecule has 0 bridgehead atoms. The average Bonchev–Trinajstić information content (AvgIpc) is 2.59. The summed E-state index contributed by atoms with van der Waals surface area (Å²) in [4.78, 5) is 0. The molecule has 1 aliphatic heterocycles. The van der Waals surface area contributed by atoms with Gasteiger partial charge in [-0.1, -0.05) is 0 Å². The van der Waals surface area contributed by atoms with E-state index in [2.05, 4.69) is 5.32 Å². The summed E-state index contributed by atoms with van der Waals surface area (Å²) >= 11 is 0. The predicted octanol–water partition coefficient (Wildman–Crippen LogP) is 0.654. The van der Waals surface area contributed by atoms with Gasteiger partial charge in [-0.15, -0.1) is 0 Å². The average molecular weight is 196 g/mol. The van der Waals surface area contributed by atoms with Crippen molar-refractivity contribution in [2.24, 2.45) is 5.73 Å². The zero-order chi connectivity index (χ0) is 10.1. The van der Waals surface area contributed by atoms with E-state index in [-0.39, 0.29) is 24.4 Å². The van der Waals surface area contributed by atoms with Crippen molar-refractivity contribution in [1.82, 2.24) is 0 Å². The number of fused-ring (bicyclic) bond motifs is 1. The normalized spacial score (nSPS) is 21.5. The minimum absolute atomic E-state index is 0.00528. The van der Waals surface area contributed by atoms with Crippen LogP contribution in [0.3, 0.4) is 0 Å². The second-order valence-electron chi connectivity index (χ2n) is 3.57. The Hall–Kier alpha value is -1.13. The van der Waals surface area contributed by atoms with Crippen LogP contribution in [0.2, 0.25) is 0 Å². The van der Waals surface area contributed by atoms with Crippen LogP contribution in [0.4, 0.5) is 10.1 Å². The number of hydrogen-bond acceptors (Lipinski definition) is 3. The lowest BCUT2D eigenvalue weighted by molar-refractivity contribution is 0.252. The molecule has 1 aromatic carbocycles. The van der Waals surface area contributed by atoms with Gasteiger partial charge in [-0.3, -0.25) is 0 Å². The fourth-order valence-corrected chi connectivity index (χ4v) is 1.84. The first kappa shape index (κ1) is 9.43. The van der Waals surface area contributed by atoms with Crippen molar-refractivity contribution >= 4 is 5.69 Å². The fraction of sp³-hybridized carbons (Fsp3) is 0.400. The third kappa shape index (κ3) is 1.47. The van der Waals surface area contributed by atoms with E-state index in [0.29, 0.717) is 6.54 Å². The van der Waals surface area contributed by atoms with Gasteiger partial charge in [0.1, 0.15) is 5.82 Å². The van der Waals surface area contributed by atoms with E-state index in [1.165, 1.54) is 12.1 Å². The second kappa shape index (κ2) is 3.55. The van der Waals surface area contributed by atoms with Crippen molar-refractivity contribution in [2.45, 2.75) is 12.0 Å². The smallest absolute Gasteiger partial charge is 0.123 e. The molecule has 1 heterocycles. The van der Waals surface area contributed by atoms with Crippen LogP contribution in [0.1, 0.15) is 11.5 Å². The molecule has 0 spiro atoms. The Bertz CT molecular complexity index is 343. The molecule has 14 heavy (non-hydrogen) atoms. The van der Waals surface area contributed by atoms with Crippen LogP contribution >= 0.6 is 0 Å². The summed E-state index contributed by atoms with van der Waals surface area (Å²) in [7, 11) is 0. The van der Waals surface area contributed by atoms with E-state index in [1.807, 2.05) is 0 Å². The van der Waals surface area contributed by atoms with Crippen LogP contribution in [-0.4, -0.2) is 24.3 Å². The number of nitrogens with one attached hydrogen (secondary N) is 1. The molecule has 1 aliphatic rings. The summed E-state index contributed by atoms with van der Waals surface area (Å²) in [6.07, 6.45) is 0. The Balaban J connectivity index is 2.33. The summed E-state index contributed by atoms with van der Waals surface area (Å²) < 4.78 is 13.0. The maximum Gasteiger partial charge on any atom is 0.123 e. The number of rotatable bonds is 2. The highest BCUT2D eigenvalue weighted by atomic mass is 19.1. The lowest BCUT2D eigenvalue weighted by Gasteiger charge is -2.16. The molecule has 4 heteroatoms. The maximum atomic E-state index is 13.0. The van der Waals surface area contributed by atoms with Gasteiger partial charge in [0.05, 0.1) is 6.61 Å². The zero-order valence-electron chi connectivity index (χ0n) is 7.70. The minimum atomic E-state index is -0.328. The molecule has 0 amide bonds. The summed E-state index contributed by atoms with van der Waals surface area (Å²) in [5, 5.41) is 12.1. The van der Waals surface area contributed by atoms with Gasteiger partial charge in [-0.2, -0.15) is 0 Å². The van der Waals surface area contributed by atoms with Gasteiger partial charge in [0.15, 0.2) is 0 Å². The van der Waals surface area contributed by atoms with Gasteiger partial charge in [0, 0.05) is 24.2 Å². The molecule has 0 saturated carbocycles. The van der Waals surface area contributed by atoms with E-state index >= 15 is 0 Å². The fourth-order valence-electron chi connectivity index (χ4n) is 1.84. The largest absolute Gasteiger partial charge is 0.395 e. The van der Waals surface area contributed by atoms with Crippen LogP contribution in [0, 0.1) is 5.82 Å². The molecule has 2 atom stereocenters. The van der Waals surface area contributed by atoms with Crippen molar-refractivity contribution in [3.8, 4) is 0 Å². The van der Waals surface area contributed by atoms with Gasteiger partial charge in [-0.05, 0) is 23.8 Å². The van der Waals surface area contributed by atoms with Gasteiger partial charge in [0.25, 0.3) is 0 Å². The summed E-state index contributed by atoms with van der Waals surface area (Å²) in [6, 6.07) is 4.27. The summed E-state index contributed by atoms with van der Waals surface area (Å²) in [5.41, 5.74) is 7.51. The van der Waals surface area contributed by atoms with Gasteiger partial charge < -0.3 is 16.2 Å². The molecule has 2 rings (SSSR count). The van der Waals surface area contributed by atoms with Crippen LogP contribution in [0.15, 0.2) is 18.2 Å². The number of aliphatic hydroxyl groups is 1. The Morgan fingerprint density at radius 2 is 2.43 bits per heavy atom. The lowest BCUT2D eigenvalue weighted by atomic mass is 9.94. The molecule has 2 unspecified atom stereocenters. The van der Waals surface area contributed by atoms with Gasteiger partial charge in [0.2, 0.25) is 0 Å². The standard InChI is InChI=1S/C10H13FN2O/c11-6-1-2-10-7(3-6)8(4-13-10)9(12)5-14/h1-3,8-9,13-14H,4-5,12H2. The Labute approximate surface area is 81.7 Å². The Kier molecular flexibility index (Phi) is 2.39. The van der Waals surface area contributed by atoms with Crippen LogP contribution < -0.4 is 11.1 Å². The third-order valence-electron chi connectivity index (χ3n) is 2.65. The highest BCUT2D eigenvalue weighted by Crippen LogP contribution is 2.33. The van der Waals surface area contributed by atoms with Crippen LogP contribution in [0.25, 0.3) is 0 Å². The zero-order valence-corrected chi connectivity index (χ0v) is 7.70. The second-order valence-corrected chi connectivity index (χ2v) is 3.57. The molecule has 0 saturated heterocycles. The van der Waals surface area contributed by atoms with E-state index in [9.17, 15) is 4.39 Å². The summed E-state index contributed by atoms with van der Waals surface area (Å²) in [5.74, 6) is -0.256. The maximum absolute atomic E-state index is 13.0. The molecule has 4 N–H and O–H groups in total. The van der Waals surface area contributed by atoms with Crippen molar-refractivity contribution < 1.29 is 9.50 Å². The first-order valence-electron chi connectivity index (χ1n) is 4.62. The van der Waals surface area contributed by atoms with Crippen LogP contribution in [-0.2, 0) is 0 Å². The monoisotopic (exact) mass is 196 g/mol. The quantitative estimate of drug-likeness (QED) is 0.651.